The predicted octanol–water partition coefficient (Wildman–Crippen LogP) is 6.79. The molecule has 1 unspecified atom stereocenters. The summed E-state index contributed by atoms with van der Waals surface area (Å²) < 4.78 is 5.91. The maximum absolute atomic E-state index is 13.1. The molecule has 6 nitrogen and oxygen atoms in total. The lowest BCUT2D eigenvalue weighted by molar-refractivity contribution is -0.122. The molecule has 0 aliphatic rings. The van der Waals surface area contributed by atoms with Gasteiger partial charge in [-0.3, -0.25) is 9.59 Å². The minimum atomic E-state index is -0.687. The van der Waals surface area contributed by atoms with Crippen LogP contribution < -0.4 is 20.7 Å². The fourth-order valence-electron chi connectivity index (χ4n) is 3.70. The van der Waals surface area contributed by atoms with Gasteiger partial charge in [-0.2, -0.15) is 0 Å². The Balaban J connectivity index is 1.41. The molecule has 0 saturated carbocycles. The van der Waals surface area contributed by atoms with Crippen LogP contribution in [0.15, 0.2) is 103 Å². The maximum Gasteiger partial charge on any atom is 0.265 e. The second-order valence-corrected chi connectivity index (χ2v) is 8.39. The molecule has 4 rings (SSSR count). The topological polar surface area (TPSA) is 79.5 Å². The summed E-state index contributed by atoms with van der Waals surface area (Å²) in [5.41, 5.74) is 4.38. The molecule has 0 bridgehead atoms. The Kier molecular flexibility index (Phi) is 7.98. The molecule has 2 amide bonds. The lowest BCUT2D eigenvalue weighted by Gasteiger charge is -2.19. The molecule has 0 saturated heterocycles. The van der Waals surface area contributed by atoms with E-state index in [1.807, 2.05) is 92.7 Å². The average Bonchev–Trinajstić information content (AvgIpc) is 2.89. The maximum atomic E-state index is 13.1. The molecule has 0 fully saturated rings. The van der Waals surface area contributed by atoms with Gasteiger partial charge in [0.05, 0.1) is 11.3 Å². The van der Waals surface area contributed by atoms with Gasteiger partial charge in [0.25, 0.3) is 11.8 Å². The van der Waals surface area contributed by atoms with Gasteiger partial charge in [-0.1, -0.05) is 49.4 Å². The van der Waals surface area contributed by atoms with Crippen molar-refractivity contribution in [2.24, 2.45) is 0 Å². The summed E-state index contributed by atoms with van der Waals surface area (Å²) in [5, 5.41) is 9.08. The molecule has 0 aliphatic heterocycles. The number of ether oxygens (including phenoxy) is 1. The van der Waals surface area contributed by atoms with E-state index >= 15 is 0 Å². The molecular formula is C30H29N3O3. The van der Waals surface area contributed by atoms with Gasteiger partial charge in [0.15, 0.2) is 6.10 Å². The molecule has 6 heteroatoms. The highest BCUT2D eigenvalue weighted by molar-refractivity contribution is 6.10. The van der Waals surface area contributed by atoms with Crippen LogP contribution in [-0.2, 0) is 4.79 Å². The van der Waals surface area contributed by atoms with Crippen molar-refractivity contribution in [1.82, 2.24) is 0 Å². The zero-order valence-electron chi connectivity index (χ0n) is 20.3. The zero-order valence-corrected chi connectivity index (χ0v) is 20.3. The lowest BCUT2D eigenvalue weighted by atomic mass is 10.1. The molecule has 0 heterocycles. The van der Waals surface area contributed by atoms with Crippen molar-refractivity contribution in [3.05, 3.63) is 114 Å². The molecule has 0 aliphatic carbocycles. The van der Waals surface area contributed by atoms with E-state index in [9.17, 15) is 9.59 Å². The highest BCUT2D eigenvalue weighted by Crippen LogP contribution is 2.22. The summed E-state index contributed by atoms with van der Waals surface area (Å²) in [6.07, 6.45) is -0.204. The summed E-state index contributed by atoms with van der Waals surface area (Å²) in [6, 6.07) is 31.8. The van der Waals surface area contributed by atoms with Crippen molar-refractivity contribution >= 4 is 34.6 Å². The standard InChI is InChI=1S/C30H29N3O3/c1-3-28(36-25-13-9-10-21(2)20-25)30(35)33-27-15-8-7-14-26(27)29(34)32-24-18-16-23(17-19-24)31-22-11-5-4-6-12-22/h4-20,28,31H,3H2,1-2H3,(H,32,34)(H,33,35). The molecular weight excluding hydrogens is 450 g/mol. The van der Waals surface area contributed by atoms with Crippen LogP contribution in [0, 0.1) is 6.92 Å². The summed E-state index contributed by atoms with van der Waals surface area (Å²) in [7, 11) is 0. The number of anilines is 4. The van der Waals surface area contributed by atoms with Gasteiger partial charge >= 0.3 is 0 Å². The quantitative estimate of drug-likeness (QED) is 0.247. The van der Waals surface area contributed by atoms with Crippen LogP contribution in [0.25, 0.3) is 0 Å². The number of hydrogen-bond donors (Lipinski definition) is 3. The fourth-order valence-corrected chi connectivity index (χ4v) is 3.70. The Morgan fingerprint density at radius 2 is 1.42 bits per heavy atom. The molecule has 3 N–H and O–H groups in total. The Morgan fingerprint density at radius 3 is 2.14 bits per heavy atom. The van der Waals surface area contributed by atoms with Crippen molar-refractivity contribution in [2.45, 2.75) is 26.4 Å². The largest absolute Gasteiger partial charge is 0.481 e. The minimum Gasteiger partial charge on any atom is -0.481 e. The third-order valence-electron chi connectivity index (χ3n) is 5.57. The number of rotatable bonds is 9. The highest BCUT2D eigenvalue weighted by atomic mass is 16.5. The first-order chi connectivity index (χ1) is 17.5. The molecule has 0 radical (unpaired) electrons. The first kappa shape index (κ1) is 24.5. The third-order valence-corrected chi connectivity index (χ3v) is 5.57. The second-order valence-electron chi connectivity index (χ2n) is 8.39. The number of carbonyl (C=O) groups is 2. The molecule has 36 heavy (non-hydrogen) atoms. The molecule has 4 aromatic rings. The number of nitrogens with one attached hydrogen (secondary N) is 3. The van der Waals surface area contributed by atoms with E-state index in [4.69, 9.17) is 4.74 Å². The molecule has 182 valence electrons. The fraction of sp³-hybridized carbons (Fsp3) is 0.133. The van der Waals surface area contributed by atoms with Gasteiger partial charge in [-0.05, 0) is 79.6 Å². The van der Waals surface area contributed by atoms with Crippen LogP contribution in [0.1, 0.15) is 29.3 Å². The first-order valence-corrected chi connectivity index (χ1v) is 11.9. The SMILES string of the molecule is CCC(Oc1cccc(C)c1)C(=O)Nc1ccccc1C(=O)Nc1ccc(Nc2ccccc2)cc1. The number of amides is 2. The van der Waals surface area contributed by atoms with Crippen molar-refractivity contribution in [3.63, 3.8) is 0 Å². The van der Waals surface area contributed by atoms with Crippen molar-refractivity contribution in [2.75, 3.05) is 16.0 Å². The third kappa shape index (κ3) is 6.51. The van der Waals surface area contributed by atoms with E-state index in [0.29, 0.717) is 29.1 Å². The number of carbonyl (C=O) groups excluding carboxylic acids is 2. The molecule has 4 aromatic carbocycles. The van der Waals surface area contributed by atoms with E-state index in [-0.39, 0.29) is 11.8 Å². The van der Waals surface area contributed by atoms with E-state index in [2.05, 4.69) is 16.0 Å². The van der Waals surface area contributed by atoms with Gasteiger partial charge in [0, 0.05) is 17.1 Å². The van der Waals surface area contributed by atoms with Crippen LogP contribution in [0.3, 0.4) is 0 Å². The monoisotopic (exact) mass is 479 g/mol. The van der Waals surface area contributed by atoms with Gasteiger partial charge in [-0.15, -0.1) is 0 Å². The van der Waals surface area contributed by atoms with Crippen molar-refractivity contribution in [3.8, 4) is 5.75 Å². The van der Waals surface area contributed by atoms with Gasteiger partial charge in [-0.25, -0.2) is 0 Å². The van der Waals surface area contributed by atoms with Gasteiger partial charge in [0.2, 0.25) is 0 Å². The zero-order chi connectivity index (χ0) is 25.3. The molecule has 1 atom stereocenters. The van der Waals surface area contributed by atoms with Crippen LogP contribution >= 0.6 is 0 Å². The Bertz CT molecular complexity index is 1320. The van der Waals surface area contributed by atoms with Gasteiger partial charge in [0.1, 0.15) is 5.75 Å². The summed E-state index contributed by atoms with van der Waals surface area (Å²) in [5.74, 6) is 0.00569. The van der Waals surface area contributed by atoms with Crippen LogP contribution in [0.5, 0.6) is 5.75 Å². The minimum absolute atomic E-state index is 0.310. The van der Waals surface area contributed by atoms with Crippen LogP contribution in [-0.4, -0.2) is 17.9 Å². The molecule has 0 spiro atoms. The normalized spacial score (nSPS) is 11.3. The molecule has 0 aromatic heterocycles. The first-order valence-electron chi connectivity index (χ1n) is 11.9. The van der Waals surface area contributed by atoms with E-state index in [0.717, 1.165) is 16.9 Å². The lowest BCUT2D eigenvalue weighted by Crippen LogP contribution is -2.33. The van der Waals surface area contributed by atoms with Crippen molar-refractivity contribution in [1.29, 1.82) is 0 Å². The second kappa shape index (κ2) is 11.7. The predicted molar refractivity (Wildman–Crippen MR) is 145 cm³/mol. The average molecular weight is 480 g/mol. The van der Waals surface area contributed by atoms with Crippen LogP contribution in [0.4, 0.5) is 22.7 Å². The van der Waals surface area contributed by atoms with E-state index < -0.39 is 6.10 Å². The summed E-state index contributed by atoms with van der Waals surface area (Å²) >= 11 is 0. The van der Waals surface area contributed by atoms with Crippen molar-refractivity contribution < 1.29 is 14.3 Å². The Morgan fingerprint density at radius 1 is 0.750 bits per heavy atom. The highest BCUT2D eigenvalue weighted by Gasteiger charge is 2.21. The Hall–Kier alpha value is -4.58. The van der Waals surface area contributed by atoms with Crippen LogP contribution in [0.2, 0.25) is 0 Å². The number of aryl methyl sites for hydroxylation is 1. The number of benzene rings is 4. The summed E-state index contributed by atoms with van der Waals surface area (Å²) in [4.78, 5) is 26.0. The van der Waals surface area contributed by atoms with E-state index in [1.54, 1.807) is 24.3 Å². The van der Waals surface area contributed by atoms with Gasteiger partial charge < -0.3 is 20.7 Å². The van der Waals surface area contributed by atoms with E-state index in [1.165, 1.54) is 0 Å². The Labute approximate surface area is 211 Å². The summed E-state index contributed by atoms with van der Waals surface area (Å²) in [6.45, 7) is 3.85. The number of hydrogen-bond acceptors (Lipinski definition) is 4. The smallest absolute Gasteiger partial charge is 0.265 e. The number of para-hydroxylation sites is 2.